The first-order chi connectivity index (χ1) is 7.20. The summed E-state index contributed by atoms with van der Waals surface area (Å²) in [6.45, 7) is 5.04. The lowest BCUT2D eigenvalue weighted by Crippen LogP contribution is -2.32. The van der Waals surface area contributed by atoms with E-state index >= 15 is 0 Å². The van der Waals surface area contributed by atoms with Crippen LogP contribution in [0.3, 0.4) is 0 Å². The summed E-state index contributed by atoms with van der Waals surface area (Å²) < 4.78 is 0. The quantitative estimate of drug-likeness (QED) is 0.724. The van der Waals surface area contributed by atoms with E-state index in [-0.39, 0.29) is 0 Å². The zero-order chi connectivity index (χ0) is 10.8. The van der Waals surface area contributed by atoms with Crippen molar-refractivity contribution >= 4 is 17.5 Å². The second-order valence-corrected chi connectivity index (χ2v) is 4.40. The van der Waals surface area contributed by atoms with Gasteiger partial charge in [-0.3, -0.25) is 0 Å². The summed E-state index contributed by atoms with van der Waals surface area (Å²) in [5.74, 6) is 1.51. The van der Waals surface area contributed by atoms with Gasteiger partial charge in [0.25, 0.3) is 0 Å². The molecule has 1 aromatic rings. The number of aromatic nitrogens is 2. The molecule has 1 fully saturated rings. The van der Waals surface area contributed by atoms with Crippen LogP contribution < -0.4 is 4.90 Å². The predicted octanol–water partition coefficient (Wildman–Crippen LogP) is 2.30. The van der Waals surface area contributed by atoms with E-state index in [1.54, 1.807) is 0 Å². The first-order valence-corrected chi connectivity index (χ1v) is 5.89. The molecule has 1 aromatic heterocycles. The van der Waals surface area contributed by atoms with E-state index in [1.165, 1.54) is 6.42 Å². The number of anilines is 1. The van der Waals surface area contributed by atoms with Gasteiger partial charge in [-0.25, -0.2) is 9.97 Å². The van der Waals surface area contributed by atoms with Gasteiger partial charge in [0.2, 0.25) is 5.95 Å². The van der Waals surface area contributed by atoms with Gasteiger partial charge in [0.15, 0.2) is 0 Å². The first-order valence-electron chi connectivity index (χ1n) is 5.35. The van der Waals surface area contributed by atoms with Gasteiger partial charge in [-0.15, -0.1) is 11.6 Å². The molecule has 0 amide bonds. The highest BCUT2D eigenvalue weighted by molar-refractivity contribution is 6.18. The van der Waals surface area contributed by atoms with Crippen molar-refractivity contribution in [3.05, 3.63) is 17.5 Å². The Bertz CT molecular complexity index is 333. The van der Waals surface area contributed by atoms with Crippen LogP contribution in [-0.4, -0.2) is 28.4 Å². The number of rotatable bonds is 2. The molecule has 4 heteroatoms. The summed E-state index contributed by atoms with van der Waals surface area (Å²) in [5.41, 5.74) is 2.05. The third-order valence-corrected chi connectivity index (χ3v) is 3.14. The molecular weight excluding hydrogens is 210 g/mol. The van der Waals surface area contributed by atoms with E-state index in [1.807, 2.05) is 19.9 Å². The first kappa shape index (κ1) is 10.7. The lowest BCUT2D eigenvalue weighted by atomic mass is 10.2. The normalized spacial score (nSPS) is 21.0. The summed E-state index contributed by atoms with van der Waals surface area (Å²) in [5, 5.41) is 0. The maximum absolute atomic E-state index is 5.93. The van der Waals surface area contributed by atoms with Gasteiger partial charge in [0.1, 0.15) is 0 Å². The average molecular weight is 226 g/mol. The second-order valence-electron chi connectivity index (χ2n) is 4.09. The van der Waals surface area contributed by atoms with Gasteiger partial charge in [-0.05, 0) is 32.8 Å². The fourth-order valence-corrected chi connectivity index (χ4v) is 2.42. The molecule has 0 aliphatic carbocycles. The zero-order valence-electron chi connectivity index (χ0n) is 9.20. The van der Waals surface area contributed by atoms with Gasteiger partial charge >= 0.3 is 0 Å². The van der Waals surface area contributed by atoms with Crippen LogP contribution in [0.25, 0.3) is 0 Å². The molecule has 2 heterocycles. The summed E-state index contributed by atoms with van der Waals surface area (Å²) in [4.78, 5) is 11.2. The van der Waals surface area contributed by atoms with Crippen molar-refractivity contribution in [3.63, 3.8) is 0 Å². The van der Waals surface area contributed by atoms with E-state index in [0.29, 0.717) is 11.9 Å². The van der Waals surface area contributed by atoms with Crippen LogP contribution in [0.15, 0.2) is 6.07 Å². The third kappa shape index (κ3) is 2.23. The number of hydrogen-bond acceptors (Lipinski definition) is 3. The highest BCUT2D eigenvalue weighted by Gasteiger charge is 2.25. The monoisotopic (exact) mass is 225 g/mol. The van der Waals surface area contributed by atoms with Gasteiger partial charge in [0.05, 0.1) is 0 Å². The van der Waals surface area contributed by atoms with Crippen LogP contribution in [0.5, 0.6) is 0 Å². The highest BCUT2D eigenvalue weighted by atomic mass is 35.5. The molecule has 1 aliphatic heterocycles. The van der Waals surface area contributed by atoms with Crippen LogP contribution in [0.1, 0.15) is 24.2 Å². The number of nitrogens with zero attached hydrogens (tertiary/aromatic N) is 3. The lowest BCUT2D eigenvalue weighted by Gasteiger charge is -2.23. The average Bonchev–Trinajstić information content (AvgIpc) is 2.63. The molecule has 82 valence electrons. The van der Waals surface area contributed by atoms with Crippen LogP contribution in [-0.2, 0) is 0 Å². The number of hydrogen-bond donors (Lipinski definition) is 0. The van der Waals surface area contributed by atoms with Crippen molar-refractivity contribution in [2.75, 3.05) is 17.3 Å². The standard InChI is InChI=1S/C11H16ClN3/c1-8-6-9(2)14-11(13-8)15-5-3-4-10(15)7-12/h6,10H,3-5,7H2,1-2H3. The number of halogens is 1. The Morgan fingerprint density at radius 1 is 1.40 bits per heavy atom. The highest BCUT2D eigenvalue weighted by Crippen LogP contribution is 2.23. The van der Waals surface area contributed by atoms with Gasteiger partial charge in [-0.2, -0.15) is 0 Å². The Hall–Kier alpha value is -0.830. The number of aryl methyl sites for hydroxylation is 2. The van der Waals surface area contributed by atoms with E-state index < -0.39 is 0 Å². The summed E-state index contributed by atoms with van der Waals surface area (Å²) in [6, 6.07) is 2.41. The topological polar surface area (TPSA) is 29.0 Å². The predicted molar refractivity (Wildman–Crippen MR) is 62.6 cm³/mol. The van der Waals surface area contributed by atoms with E-state index in [2.05, 4.69) is 14.9 Å². The Labute approximate surface area is 95.5 Å². The lowest BCUT2D eigenvalue weighted by molar-refractivity contribution is 0.719. The molecule has 15 heavy (non-hydrogen) atoms. The Morgan fingerprint density at radius 3 is 2.67 bits per heavy atom. The SMILES string of the molecule is Cc1cc(C)nc(N2CCCC2CCl)n1. The fraction of sp³-hybridized carbons (Fsp3) is 0.636. The third-order valence-electron chi connectivity index (χ3n) is 2.78. The molecule has 1 unspecified atom stereocenters. The number of alkyl halides is 1. The van der Waals surface area contributed by atoms with Crippen molar-refractivity contribution in [3.8, 4) is 0 Å². The van der Waals surface area contributed by atoms with E-state index in [9.17, 15) is 0 Å². The van der Waals surface area contributed by atoms with E-state index in [0.717, 1.165) is 30.3 Å². The maximum atomic E-state index is 5.93. The van der Waals surface area contributed by atoms with Crippen molar-refractivity contribution in [2.24, 2.45) is 0 Å². The zero-order valence-corrected chi connectivity index (χ0v) is 9.96. The minimum absolute atomic E-state index is 0.410. The summed E-state index contributed by atoms with van der Waals surface area (Å²) >= 11 is 5.93. The second kappa shape index (κ2) is 4.35. The molecule has 0 bridgehead atoms. The van der Waals surface area contributed by atoms with Gasteiger partial charge in [-0.1, -0.05) is 0 Å². The van der Waals surface area contributed by atoms with Crippen molar-refractivity contribution in [1.29, 1.82) is 0 Å². The molecule has 0 aromatic carbocycles. The fourth-order valence-electron chi connectivity index (χ4n) is 2.10. The molecule has 0 saturated carbocycles. The van der Waals surface area contributed by atoms with Crippen molar-refractivity contribution in [2.45, 2.75) is 32.7 Å². The molecule has 1 aliphatic rings. The van der Waals surface area contributed by atoms with Crippen LogP contribution in [0.2, 0.25) is 0 Å². The molecule has 0 radical (unpaired) electrons. The Morgan fingerprint density at radius 2 is 2.07 bits per heavy atom. The largest absolute Gasteiger partial charge is 0.337 e. The minimum atomic E-state index is 0.410. The minimum Gasteiger partial charge on any atom is -0.337 e. The Kier molecular flexibility index (Phi) is 3.10. The van der Waals surface area contributed by atoms with Gasteiger partial charge < -0.3 is 4.90 Å². The summed E-state index contributed by atoms with van der Waals surface area (Å²) in [6.07, 6.45) is 2.34. The van der Waals surface area contributed by atoms with Crippen molar-refractivity contribution < 1.29 is 0 Å². The van der Waals surface area contributed by atoms with E-state index in [4.69, 9.17) is 11.6 Å². The van der Waals surface area contributed by atoms with Gasteiger partial charge in [0, 0.05) is 29.9 Å². The van der Waals surface area contributed by atoms with Crippen molar-refractivity contribution in [1.82, 2.24) is 9.97 Å². The Balaban J connectivity index is 2.28. The van der Waals surface area contributed by atoms with Crippen LogP contribution in [0, 0.1) is 13.8 Å². The maximum Gasteiger partial charge on any atom is 0.226 e. The molecular formula is C11H16ClN3. The van der Waals surface area contributed by atoms with Crippen LogP contribution >= 0.6 is 11.6 Å². The summed E-state index contributed by atoms with van der Waals surface area (Å²) in [7, 11) is 0. The molecule has 2 rings (SSSR count). The molecule has 1 atom stereocenters. The molecule has 3 nitrogen and oxygen atoms in total. The molecule has 1 saturated heterocycles. The molecule has 0 spiro atoms. The van der Waals surface area contributed by atoms with Crippen LogP contribution in [0.4, 0.5) is 5.95 Å². The smallest absolute Gasteiger partial charge is 0.226 e. The molecule has 0 N–H and O–H groups in total.